The van der Waals surface area contributed by atoms with Crippen LogP contribution < -0.4 is 11.5 Å². The maximum Gasteiger partial charge on any atom is 0.259 e. The second-order valence-electron chi connectivity index (χ2n) is 3.73. The van der Waals surface area contributed by atoms with E-state index in [4.69, 9.17) is 22.0 Å². The van der Waals surface area contributed by atoms with Gasteiger partial charge in [-0.15, -0.1) is 0 Å². The highest BCUT2D eigenvalue weighted by Gasteiger charge is 2.04. The molecule has 2 amide bonds. The first-order chi connectivity index (χ1) is 9.47. The van der Waals surface area contributed by atoms with E-state index in [1.54, 1.807) is 36.4 Å². The van der Waals surface area contributed by atoms with Crippen molar-refractivity contribution in [1.82, 2.24) is 0 Å². The van der Waals surface area contributed by atoms with Crippen molar-refractivity contribution in [3.63, 3.8) is 0 Å². The Morgan fingerprint density at radius 2 is 1.15 bits per heavy atom. The molecule has 0 heterocycles. The monoisotopic (exact) mass is 266 g/mol. The van der Waals surface area contributed by atoms with Crippen LogP contribution in [0, 0.1) is 22.7 Å². The van der Waals surface area contributed by atoms with Gasteiger partial charge in [-0.3, -0.25) is 9.59 Å². The number of hydrogen-bond acceptors (Lipinski definition) is 4. The van der Waals surface area contributed by atoms with E-state index < -0.39 is 11.8 Å². The molecule has 0 spiro atoms. The number of primary amides is 2. The lowest BCUT2D eigenvalue weighted by Crippen LogP contribution is -2.12. The SMILES string of the molecule is N#C/C(=C/c1ccc(/C=C(/C#N)C(N)=O)cc1)C(N)=O. The van der Waals surface area contributed by atoms with E-state index >= 15 is 0 Å². The third-order valence-corrected chi connectivity index (χ3v) is 2.33. The van der Waals surface area contributed by atoms with Crippen LogP contribution in [0.15, 0.2) is 35.4 Å². The Labute approximate surface area is 115 Å². The van der Waals surface area contributed by atoms with E-state index in [0.717, 1.165) is 0 Å². The topological polar surface area (TPSA) is 134 Å². The second kappa shape index (κ2) is 6.53. The average Bonchev–Trinajstić information content (AvgIpc) is 2.42. The Morgan fingerprint density at radius 1 is 0.850 bits per heavy atom. The van der Waals surface area contributed by atoms with Crippen LogP contribution in [0.2, 0.25) is 0 Å². The molecular formula is C14H10N4O2. The second-order valence-corrected chi connectivity index (χ2v) is 3.73. The fraction of sp³-hybridized carbons (Fsp3) is 0. The third kappa shape index (κ3) is 3.83. The molecule has 0 saturated carbocycles. The van der Waals surface area contributed by atoms with Crippen molar-refractivity contribution in [1.29, 1.82) is 10.5 Å². The molecule has 1 aromatic rings. The van der Waals surface area contributed by atoms with Crippen molar-refractivity contribution in [3.8, 4) is 12.1 Å². The van der Waals surface area contributed by atoms with E-state index in [9.17, 15) is 9.59 Å². The molecule has 0 aliphatic heterocycles. The van der Waals surface area contributed by atoms with Gasteiger partial charge in [0.25, 0.3) is 11.8 Å². The number of hydrogen-bond donors (Lipinski definition) is 2. The molecule has 6 heteroatoms. The molecular weight excluding hydrogens is 256 g/mol. The van der Waals surface area contributed by atoms with E-state index in [1.165, 1.54) is 12.2 Å². The molecule has 0 unspecified atom stereocenters. The zero-order valence-corrected chi connectivity index (χ0v) is 10.3. The molecule has 6 nitrogen and oxygen atoms in total. The fourth-order valence-electron chi connectivity index (χ4n) is 1.34. The van der Waals surface area contributed by atoms with Crippen molar-refractivity contribution in [3.05, 3.63) is 46.5 Å². The lowest BCUT2D eigenvalue weighted by atomic mass is 10.1. The van der Waals surface area contributed by atoms with Crippen molar-refractivity contribution in [2.24, 2.45) is 11.5 Å². The summed E-state index contributed by atoms with van der Waals surface area (Å²) in [6.07, 6.45) is 2.68. The van der Waals surface area contributed by atoms with E-state index in [2.05, 4.69) is 0 Å². The van der Waals surface area contributed by atoms with Gasteiger partial charge in [0, 0.05) is 0 Å². The van der Waals surface area contributed by atoms with Gasteiger partial charge in [0.05, 0.1) is 0 Å². The lowest BCUT2D eigenvalue weighted by molar-refractivity contribution is -0.115. The maximum atomic E-state index is 10.9. The largest absolute Gasteiger partial charge is 0.365 e. The number of carbonyl (C=O) groups is 2. The summed E-state index contributed by atoms with van der Waals surface area (Å²) in [7, 11) is 0. The van der Waals surface area contributed by atoms with Gasteiger partial charge in [-0.2, -0.15) is 10.5 Å². The van der Waals surface area contributed by atoms with Crippen LogP contribution in [-0.4, -0.2) is 11.8 Å². The Hall–Kier alpha value is -3.38. The van der Waals surface area contributed by atoms with Crippen molar-refractivity contribution < 1.29 is 9.59 Å². The van der Waals surface area contributed by atoms with Crippen LogP contribution >= 0.6 is 0 Å². The number of benzene rings is 1. The van der Waals surface area contributed by atoms with E-state index in [1.807, 2.05) is 0 Å². The zero-order valence-electron chi connectivity index (χ0n) is 10.3. The van der Waals surface area contributed by atoms with E-state index in [-0.39, 0.29) is 11.1 Å². The molecule has 98 valence electrons. The van der Waals surface area contributed by atoms with Gasteiger partial charge in [0.1, 0.15) is 23.3 Å². The minimum Gasteiger partial charge on any atom is -0.365 e. The molecule has 0 aliphatic carbocycles. The van der Waals surface area contributed by atoms with Gasteiger partial charge >= 0.3 is 0 Å². The quantitative estimate of drug-likeness (QED) is 0.605. The lowest BCUT2D eigenvalue weighted by Gasteiger charge is -1.98. The Kier molecular flexibility index (Phi) is 4.79. The third-order valence-electron chi connectivity index (χ3n) is 2.33. The number of carbonyl (C=O) groups excluding carboxylic acids is 2. The molecule has 20 heavy (non-hydrogen) atoms. The zero-order chi connectivity index (χ0) is 15.1. The van der Waals surface area contributed by atoms with Crippen LogP contribution in [0.4, 0.5) is 0 Å². The van der Waals surface area contributed by atoms with Gasteiger partial charge in [0.15, 0.2) is 0 Å². The summed E-state index contributed by atoms with van der Waals surface area (Å²) in [5, 5.41) is 17.4. The van der Waals surface area contributed by atoms with Crippen molar-refractivity contribution in [2.45, 2.75) is 0 Å². The first kappa shape index (κ1) is 14.7. The van der Waals surface area contributed by atoms with Crippen molar-refractivity contribution in [2.75, 3.05) is 0 Å². The van der Waals surface area contributed by atoms with Crippen LogP contribution in [0.25, 0.3) is 12.2 Å². The first-order valence-corrected chi connectivity index (χ1v) is 5.41. The number of nitriles is 2. The highest BCUT2D eigenvalue weighted by atomic mass is 16.1. The number of rotatable bonds is 4. The van der Waals surface area contributed by atoms with Gasteiger partial charge in [0.2, 0.25) is 0 Å². The van der Waals surface area contributed by atoms with Crippen LogP contribution in [0.5, 0.6) is 0 Å². The number of amides is 2. The molecule has 1 aromatic carbocycles. The minimum absolute atomic E-state index is 0.164. The highest BCUT2D eigenvalue weighted by molar-refractivity contribution is 6.01. The summed E-state index contributed by atoms with van der Waals surface area (Å²) in [5.74, 6) is -1.62. The summed E-state index contributed by atoms with van der Waals surface area (Å²) < 4.78 is 0. The smallest absolute Gasteiger partial charge is 0.259 e. The fourth-order valence-corrected chi connectivity index (χ4v) is 1.34. The molecule has 0 bridgehead atoms. The van der Waals surface area contributed by atoms with Crippen LogP contribution in [0.3, 0.4) is 0 Å². The summed E-state index contributed by atoms with van der Waals surface area (Å²) in [5.41, 5.74) is 10.9. The van der Waals surface area contributed by atoms with Gasteiger partial charge in [-0.25, -0.2) is 0 Å². The number of nitrogens with two attached hydrogens (primary N) is 2. The van der Waals surface area contributed by atoms with Gasteiger partial charge in [-0.1, -0.05) is 24.3 Å². The molecule has 0 saturated heterocycles. The predicted molar refractivity (Wildman–Crippen MR) is 72.0 cm³/mol. The molecule has 0 atom stereocenters. The molecule has 1 rings (SSSR count). The maximum absolute atomic E-state index is 10.9. The summed E-state index contributed by atoms with van der Waals surface area (Å²) in [6, 6.07) is 9.84. The molecule has 0 aliphatic rings. The van der Waals surface area contributed by atoms with Crippen LogP contribution in [-0.2, 0) is 9.59 Å². The summed E-state index contributed by atoms with van der Waals surface area (Å²) in [4.78, 5) is 21.8. The van der Waals surface area contributed by atoms with Gasteiger partial charge in [-0.05, 0) is 23.3 Å². The van der Waals surface area contributed by atoms with Crippen LogP contribution in [0.1, 0.15) is 11.1 Å². The summed E-state index contributed by atoms with van der Waals surface area (Å²) >= 11 is 0. The molecule has 0 aromatic heterocycles. The Bertz CT molecular complexity index is 624. The Balaban J connectivity index is 3.08. The van der Waals surface area contributed by atoms with Gasteiger partial charge < -0.3 is 11.5 Å². The molecule has 0 fully saturated rings. The van der Waals surface area contributed by atoms with E-state index in [0.29, 0.717) is 11.1 Å². The average molecular weight is 266 g/mol. The summed E-state index contributed by atoms with van der Waals surface area (Å²) in [6.45, 7) is 0. The highest BCUT2D eigenvalue weighted by Crippen LogP contribution is 2.11. The predicted octanol–water partition coefficient (Wildman–Crippen LogP) is 0.471. The number of nitrogens with zero attached hydrogens (tertiary/aromatic N) is 2. The normalized spacial score (nSPS) is 11.3. The standard InChI is InChI=1S/C14H10N4O2/c15-7-11(13(17)19)5-9-1-2-10(4-3-9)6-12(8-16)14(18)20/h1-6H,(H2,17,19)(H2,18,20)/b11-5-,12-6-. The minimum atomic E-state index is -0.808. The molecule has 0 radical (unpaired) electrons. The van der Waals surface area contributed by atoms with Crippen molar-refractivity contribution >= 4 is 24.0 Å². The molecule has 4 N–H and O–H groups in total. The Morgan fingerprint density at radius 3 is 1.35 bits per heavy atom. The first-order valence-electron chi connectivity index (χ1n) is 5.41.